The van der Waals surface area contributed by atoms with Crippen LogP contribution in [0.4, 0.5) is 9.80 Å². The van der Waals surface area contributed by atoms with E-state index in [4.69, 9.17) is 9.47 Å². The maximum Gasteiger partial charge on any atom is 0.317 e. The molecule has 2 aromatic rings. The van der Waals surface area contributed by atoms with Crippen molar-refractivity contribution in [1.82, 2.24) is 15.1 Å². The average Bonchev–Trinajstić information content (AvgIpc) is 3.24. The van der Waals surface area contributed by atoms with E-state index < -0.39 is 0 Å². The van der Waals surface area contributed by atoms with Gasteiger partial charge in [-0.05, 0) is 36.1 Å². The summed E-state index contributed by atoms with van der Waals surface area (Å²) in [6.45, 7) is 5.64. The first-order valence-electron chi connectivity index (χ1n) is 11.9. The van der Waals surface area contributed by atoms with E-state index in [0.29, 0.717) is 49.5 Å². The Balaban J connectivity index is 1.30. The number of nitrogens with one attached hydrogen (secondary N) is 2. The lowest BCUT2D eigenvalue weighted by molar-refractivity contribution is -0.116. The highest BCUT2D eigenvalue weighted by Crippen LogP contribution is 2.36. The van der Waals surface area contributed by atoms with E-state index in [1.807, 2.05) is 24.3 Å². The summed E-state index contributed by atoms with van der Waals surface area (Å²) in [5, 5.41) is 16.2. The Morgan fingerprint density at radius 1 is 1.26 bits per heavy atom. The number of hydrogen-bond donors (Lipinski definition) is 2. The second-order valence-electron chi connectivity index (χ2n) is 8.58. The molecule has 35 heavy (non-hydrogen) atoms. The molecule has 1 saturated heterocycles. The first-order valence-corrected chi connectivity index (χ1v) is 12.7. The van der Waals surface area contributed by atoms with Gasteiger partial charge in [-0.25, -0.2) is 4.79 Å². The van der Waals surface area contributed by atoms with Crippen molar-refractivity contribution >= 4 is 28.3 Å². The van der Waals surface area contributed by atoms with E-state index in [2.05, 4.69) is 21.6 Å². The molecule has 0 saturated carbocycles. The number of amides is 3. The molecule has 9 nitrogen and oxygen atoms in total. The van der Waals surface area contributed by atoms with Gasteiger partial charge in [-0.1, -0.05) is 12.1 Å². The number of carbonyl (C=O) groups is 2. The third kappa shape index (κ3) is 6.51. The van der Waals surface area contributed by atoms with Gasteiger partial charge in [0.05, 0.1) is 32.4 Å². The van der Waals surface area contributed by atoms with Crippen LogP contribution in [0.2, 0.25) is 0 Å². The number of nitriles is 1. The summed E-state index contributed by atoms with van der Waals surface area (Å²) < 4.78 is 10.6. The number of morpholine rings is 1. The minimum atomic E-state index is -0.138. The van der Waals surface area contributed by atoms with Crippen molar-refractivity contribution in [3.8, 4) is 11.8 Å². The van der Waals surface area contributed by atoms with Gasteiger partial charge in [-0.3, -0.25) is 9.69 Å². The summed E-state index contributed by atoms with van der Waals surface area (Å²) in [5.74, 6) is 0.621. The monoisotopic (exact) mass is 497 g/mol. The quantitative estimate of drug-likeness (QED) is 0.581. The molecular weight excluding hydrogens is 466 g/mol. The topological polar surface area (TPSA) is 107 Å². The molecule has 0 unspecified atom stereocenters. The number of benzene rings is 1. The molecule has 1 aromatic carbocycles. The van der Waals surface area contributed by atoms with Crippen LogP contribution in [0.15, 0.2) is 24.3 Å². The Morgan fingerprint density at radius 3 is 2.86 bits per heavy atom. The SMILES string of the molecule is COc1cccc(CCC(=O)Nc2sc3c(c2C#N)CCN(C(=O)NCCN2CCOCC2)C3)c1. The van der Waals surface area contributed by atoms with E-state index in [9.17, 15) is 14.9 Å². The Labute approximate surface area is 209 Å². The average molecular weight is 498 g/mol. The maximum absolute atomic E-state index is 12.7. The molecule has 0 bridgehead atoms. The van der Waals surface area contributed by atoms with Crippen LogP contribution < -0.4 is 15.4 Å². The zero-order chi connectivity index (χ0) is 24.6. The standard InChI is InChI=1S/C25H31N5O4S/c1-33-19-4-2-3-18(15-19)5-6-23(31)28-24-21(16-26)20-7-9-30(17-22(20)35-24)25(32)27-8-10-29-11-13-34-14-12-29/h2-4,15H,5-14,17H2,1H3,(H,27,32)(H,28,31). The number of thiophene rings is 1. The minimum absolute atomic E-state index is 0.0975. The fourth-order valence-electron chi connectivity index (χ4n) is 4.32. The van der Waals surface area contributed by atoms with Crippen LogP contribution in [-0.2, 0) is 28.9 Å². The number of nitrogens with zero attached hydrogens (tertiary/aromatic N) is 3. The molecule has 2 N–H and O–H groups in total. The van der Waals surface area contributed by atoms with Gasteiger partial charge in [-0.15, -0.1) is 11.3 Å². The predicted octanol–water partition coefficient (Wildman–Crippen LogP) is 2.60. The lowest BCUT2D eigenvalue weighted by Crippen LogP contribution is -2.46. The number of hydrogen-bond acceptors (Lipinski definition) is 7. The van der Waals surface area contributed by atoms with Gasteiger partial charge in [0.15, 0.2) is 0 Å². The number of methoxy groups -OCH3 is 1. The third-order valence-electron chi connectivity index (χ3n) is 6.29. The van der Waals surface area contributed by atoms with E-state index in [1.165, 1.54) is 11.3 Å². The van der Waals surface area contributed by atoms with Gasteiger partial charge < -0.3 is 25.0 Å². The summed E-state index contributed by atoms with van der Waals surface area (Å²) in [5.41, 5.74) is 2.48. The maximum atomic E-state index is 12.7. The smallest absolute Gasteiger partial charge is 0.317 e. The summed E-state index contributed by atoms with van der Waals surface area (Å²) in [6, 6.07) is 9.80. The van der Waals surface area contributed by atoms with Crippen LogP contribution in [0.3, 0.4) is 0 Å². The molecule has 2 aliphatic heterocycles. The van der Waals surface area contributed by atoms with Gasteiger partial charge in [0, 0.05) is 44.0 Å². The van der Waals surface area contributed by atoms with E-state index in [1.54, 1.807) is 12.0 Å². The highest BCUT2D eigenvalue weighted by Gasteiger charge is 2.27. The number of anilines is 1. The van der Waals surface area contributed by atoms with Crippen molar-refractivity contribution in [2.45, 2.75) is 25.8 Å². The van der Waals surface area contributed by atoms with Crippen LogP contribution in [0.1, 0.15) is 28.0 Å². The molecule has 1 aromatic heterocycles. The Bertz CT molecular complexity index is 1090. The molecule has 2 aliphatic rings. The summed E-state index contributed by atoms with van der Waals surface area (Å²) in [6.07, 6.45) is 1.48. The Kier molecular flexibility index (Phi) is 8.58. The number of ether oxygens (including phenoxy) is 2. The molecule has 0 radical (unpaired) electrons. The molecule has 3 amide bonds. The van der Waals surface area contributed by atoms with Crippen LogP contribution in [0.25, 0.3) is 0 Å². The van der Waals surface area contributed by atoms with Crippen molar-refractivity contribution in [2.75, 3.05) is 58.4 Å². The fourth-order valence-corrected chi connectivity index (χ4v) is 5.55. The highest BCUT2D eigenvalue weighted by molar-refractivity contribution is 7.16. The van der Waals surface area contributed by atoms with E-state index in [-0.39, 0.29) is 11.9 Å². The van der Waals surface area contributed by atoms with Crippen LogP contribution in [-0.4, -0.2) is 74.8 Å². The van der Waals surface area contributed by atoms with Crippen molar-refractivity contribution in [3.05, 3.63) is 45.8 Å². The van der Waals surface area contributed by atoms with Crippen molar-refractivity contribution in [1.29, 1.82) is 5.26 Å². The zero-order valence-corrected chi connectivity index (χ0v) is 20.8. The summed E-state index contributed by atoms with van der Waals surface area (Å²) >= 11 is 1.39. The van der Waals surface area contributed by atoms with Crippen LogP contribution >= 0.6 is 11.3 Å². The number of rotatable bonds is 8. The van der Waals surface area contributed by atoms with E-state index in [0.717, 1.165) is 54.6 Å². The Morgan fingerprint density at radius 2 is 2.09 bits per heavy atom. The molecular formula is C25H31N5O4S. The van der Waals surface area contributed by atoms with Crippen molar-refractivity contribution in [3.63, 3.8) is 0 Å². The first kappa shape index (κ1) is 25.0. The fraction of sp³-hybridized carbons (Fsp3) is 0.480. The molecule has 3 heterocycles. The van der Waals surface area contributed by atoms with Gasteiger partial charge >= 0.3 is 6.03 Å². The zero-order valence-electron chi connectivity index (χ0n) is 20.0. The number of urea groups is 1. The number of fused-ring (bicyclic) bond motifs is 1. The lowest BCUT2D eigenvalue weighted by Gasteiger charge is -2.29. The normalized spacial score (nSPS) is 15.7. The summed E-state index contributed by atoms with van der Waals surface area (Å²) in [7, 11) is 1.62. The third-order valence-corrected chi connectivity index (χ3v) is 7.42. The van der Waals surface area contributed by atoms with Crippen molar-refractivity contribution in [2.24, 2.45) is 0 Å². The number of aryl methyl sites for hydroxylation is 1. The predicted molar refractivity (Wildman–Crippen MR) is 134 cm³/mol. The van der Waals surface area contributed by atoms with E-state index >= 15 is 0 Å². The second kappa shape index (κ2) is 12.0. The Hall–Kier alpha value is -3.13. The molecule has 10 heteroatoms. The van der Waals surface area contributed by atoms with Gasteiger partial charge in [0.25, 0.3) is 0 Å². The van der Waals surface area contributed by atoms with Crippen LogP contribution in [0, 0.1) is 11.3 Å². The largest absolute Gasteiger partial charge is 0.497 e. The molecule has 0 spiro atoms. The molecule has 4 rings (SSSR count). The van der Waals surface area contributed by atoms with Gasteiger partial charge in [-0.2, -0.15) is 5.26 Å². The van der Waals surface area contributed by atoms with Gasteiger partial charge in [0.1, 0.15) is 16.8 Å². The molecule has 0 atom stereocenters. The van der Waals surface area contributed by atoms with Crippen molar-refractivity contribution < 1.29 is 19.1 Å². The highest BCUT2D eigenvalue weighted by atomic mass is 32.1. The van der Waals surface area contributed by atoms with Crippen LogP contribution in [0.5, 0.6) is 5.75 Å². The minimum Gasteiger partial charge on any atom is -0.497 e. The molecule has 0 aliphatic carbocycles. The summed E-state index contributed by atoms with van der Waals surface area (Å²) in [4.78, 5) is 30.3. The molecule has 186 valence electrons. The van der Waals surface area contributed by atoms with Gasteiger partial charge in [0.2, 0.25) is 5.91 Å². The number of carbonyl (C=O) groups excluding carboxylic acids is 2. The lowest BCUT2D eigenvalue weighted by atomic mass is 10.0. The second-order valence-corrected chi connectivity index (χ2v) is 9.68. The first-order chi connectivity index (χ1) is 17.1. The molecule has 1 fully saturated rings.